The van der Waals surface area contributed by atoms with Crippen LogP contribution in [0, 0.1) is 5.92 Å². The van der Waals surface area contributed by atoms with Gasteiger partial charge in [0.05, 0.1) is 12.7 Å². The first-order valence-electron chi connectivity index (χ1n) is 3.64. The van der Waals surface area contributed by atoms with E-state index in [0.717, 1.165) is 0 Å². The average Bonchev–Trinajstić information content (AvgIpc) is 1.98. The summed E-state index contributed by atoms with van der Waals surface area (Å²) in [4.78, 5) is 0. The summed E-state index contributed by atoms with van der Waals surface area (Å²) in [6.07, 6.45) is -1.41. The zero-order valence-electron chi connectivity index (χ0n) is 6.90. The number of aliphatic hydroxyl groups is 3. The molecule has 0 aliphatic rings. The summed E-state index contributed by atoms with van der Waals surface area (Å²) in [5, 5.41) is 26.1. The predicted molar refractivity (Wildman–Crippen MR) is 39.9 cm³/mol. The van der Waals surface area contributed by atoms with Crippen molar-refractivity contribution in [2.75, 3.05) is 13.4 Å². The van der Waals surface area contributed by atoms with Crippen LogP contribution in [-0.4, -0.2) is 40.9 Å². The molecule has 2 atom stereocenters. The minimum absolute atomic E-state index is 0.0734. The van der Waals surface area contributed by atoms with Gasteiger partial charge in [0.2, 0.25) is 0 Å². The number of hydrogen-bond acceptors (Lipinski definition) is 4. The minimum atomic E-state index is -0.915. The molecule has 0 aliphatic carbocycles. The highest BCUT2D eigenvalue weighted by Gasteiger charge is 2.22. The van der Waals surface area contributed by atoms with Crippen molar-refractivity contribution < 1.29 is 20.1 Å². The Morgan fingerprint density at radius 2 is 1.82 bits per heavy atom. The molecular formula is C7H16O4. The van der Waals surface area contributed by atoms with E-state index in [1.54, 1.807) is 0 Å². The van der Waals surface area contributed by atoms with E-state index >= 15 is 0 Å². The molecule has 3 N–H and O–H groups in total. The van der Waals surface area contributed by atoms with Gasteiger partial charge in [0, 0.05) is 0 Å². The van der Waals surface area contributed by atoms with Gasteiger partial charge in [0.25, 0.3) is 0 Å². The van der Waals surface area contributed by atoms with Crippen LogP contribution in [0.15, 0.2) is 0 Å². The minimum Gasteiger partial charge on any atom is -0.394 e. The van der Waals surface area contributed by atoms with Crippen molar-refractivity contribution in [3.63, 3.8) is 0 Å². The second kappa shape index (κ2) is 5.49. The van der Waals surface area contributed by atoms with E-state index in [2.05, 4.69) is 0 Å². The maximum atomic E-state index is 9.13. The third kappa shape index (κ3) is 3.67. The van der Waals surface area contributed by atoms with Gasteiger partial charge in [0.15, 0.2) is 0 Å². The van der Waals surface area contributed by atoms with E-state index in [-0.39, 0.29) is 12.5 Å². The summed E-state index contributed by atoms with van der Waals surface area (Å²) in [5.41, 5.74) is 0. The molecule has 0 saturated heterocycles. The fourth-order valence-electron chi connectivity index (χ4n) is 0.938. The van der Waals surface area contributed by atoms with Crippen molar-refractivity contribution in [3.05, 3.63) is 0 Å². The summed E-state index contributed by atoms with van der Waals surface area (Å²) in [5.74, 6) is 0.0734. The van der Waals surface area contributed by atoms with Gasteiger partial charge in [-0.05, 0) is 5.92 Å². The zero-order valence-corrected chi connectivity index (χ0v) is 6.90. The summed E-state index contributed by atoms with van der Waals surface area (Å²) in [6.45, 7) is 2.92. The molecule has 0 fully saturated rings. The van der Waals surface area contributed by atoms with Crippen LogP contribution in [0.5, 0.6) is 0 Å². The molecule has 0 heterocycles. The first-order chi connectivity index (χ1) is 5.13. The number of ether oxygens (including phenoxy) is 1. The van der Waals surface area contributed by atoms with Gasteiger partial charge in [-0.1, -0.05) is 13.8 Å². The molecule has 1 unspecified atom stereocenters. The summed E-state index contributed by atoms with van der Waals surface area (Å²) in [7, 11) is 0. The lowest BCUT2D eigenvalue weighted by Crippen LogP contribution is -2.36. The molecule has 0 amide bonds. The molecule has 4 nitrogen and oxygen atoms in total. The van der Waals surface area contributed by atoms with Gasteiger partial charge in [-0.25, -0.2) is 0 Å². The second-order valence-corrected chi connectivity index (χ2v) is 2.75. The summed E-state index contributed by atoms with van der Waals surface area (Å²) < 4.78 is 4.80. The largest absolute Gasteiger partial charge is 0.394 e. The van der Waals surface area contributed by atoms with Crippen molar-refractivity contribution >= 4 is 0 Å². The summed E-state index contributed by atoms with van der Waals surface area (Å²) in [6, 6.07) is 0. The van der Waals surface area contributed by atoms with Gasteiger partial charge < -0.3 is 20.1 Å². The number of rotatable bonds is 5. The van der Waals surface area contributed by atoms with E-state index in [0.29, 0.717) is 0 Å². The standard InChI is InChI=1S/C7H16O4/c1-5(2)7(11-4-9)6(10)3-8/h5-10H,3-4H2,1-2H3/t6-,7?/m1/s1. The van der Waals surface area contributed by atoms with Crippen molar-refractivity contribution in [2.24, 2.45) is 5.92 Å². The lowest BCUT2D eigenvalue weighted by atomic mass is 10.0. The maximum Gasteiger partial charge on any atom is 0.144 e. The first kappa shape index (κ1) is 10.8. The van der Waals surface area contributed by atoms with E-state index in [4.69, 9.17) is 20.1 Å². The molecule has 4 heteroatoms. The molecule has 0 spiro atoms. The van der Waals surface area contributed by atoms with Crippen LogP contribution in [0.2, 0.25) is 0 Å². The Kier molecular flexibility index (Phi) is 5.41. The number of hydrogen-bond donors (Lipinski definition) is 3. The lowest BCUT2D eigenvalue weighted by molar-refractivity contribution is -0.125. The van der Waals surface area contributed by atoms with Crippen LogP contribution in [0.1, 0.15) is 13.8 Å². The maximum absolute atomic E-state index is 9.13. The van der Waals surface area contributed by atoms with Crippen molar-refractivity contribution in [1.82, 2.24) is 0 Å². The third-order valence-corrected chi connectivity index (χ3v) is 1.49. The molecule has 0 bridgehead atoms. The van der Waals surface area contributed by atoms with Crippen molar-refractivity contribution in [2.45, 2.75) is 26.1 Å². The molecule has 0 aromatic rings. The fourth-order valence-corrected chi connectivity index (χ4v) is 0.938. The van der Waals surface area contributed by atoms with E-state index in [1.165, 1.54) is 0 Å². The van der Waals surface area contributed by atoms with E-state index in [9.17, 15) is 0 Å². The normalized spacial score (nSPS) is 16.9. The van der Waals surface area contributed by atoms with Gasteiger partial charge in [-0.3, -0.25) is 0 Å². The third-order valence-electron chi connectivity index (χ3n) is 1.49. The van der Waals surface area contributed by atoms with E-state index in [1.807, 2.05) is 13.8 Å². The van der Waals surface area contributed by atoms with E-state index < -0.39 is 19.0 Å². The summed E-state index contributed by atoms with van der Waals surface area (Å²) >= 11 is 0. The van der Waals surface area contributed by atoms with Gasteiger partial charge in [-0.15, -0.1) is 0 Å². The average molecular weight is 164 g/mol. The zero-order chi connectivity index (χ0) is 8.85. The quantitative estimate of drug-likeness (QED) is 0.471. The van der Waals surface area contributed by atoms with Gasteiger partial charge in [-0.2, -0.15) is 0 Å². The van der Waals surface area contributed by atoms with Gasteiger partial charge in [0.1, 0.15) is 12.9 Å². The molecule has 0 rings (SSSR count). The topological polar surface area (TPSA) is 69.9 Å². The Hall–Kier alpha value is -0.160. The Morgan fingerprint density at radius 3 is 2.09 bits per heavy atom. The van der Waals surface area contributed by atoms with Crippen LogP contribution < -0.4 is 0 Å². The smallest absolute Gasteiger partial charge is 0.144 e. The van der Waals surface area contributed by atoms with Crippen LogP contribution >= 0.6 is 0 Å². The van der Waals surface area contributed by atoms with Crippen LogP contribution in [0.25, 0.3) is 0 Å². The number of aliphatic hydroxyl groups excluding tert-OH is 3. The van der Waals surface area contributed by atoms with Crippen LogP contribution in [-0.2, 0) is 4.74 Å². The van der Waals surface area contributed by atoms with Gasteiger partial charge >= 0.3 is 0 Å². The van der Waals surface area contributed by atoms with Crippen LogP contribution in [0.4, 0.5) is 0 Å². The first-order valence-corrected chi connectivity index (χ1v) is 3.64. The SMILES string of the molecule is CC(C)C(OCO)[C@H](O)CO. The second-order valence-electron chi connectivity index (χ2n) is 2.75. The molecule has 11 heavy (non-hydrogen) atoms. The Balaban J connectivity index is 3.87. The lowest BCUT2D eigenvalue weighted by Gasteiger charge is -2.23. The molecule has 0 saturated carbocycles. The molecule has 0 aromatic heterocycles. The van der Waals surface area contributed by atoms with Crippen molar-refractivity contribution in [3.8, 4) is 0 Å². The molecular weight excluding hydrogens is 148 g/mol. The van der Waals surface area contributed by atoms with Crippen molar-refractivity contribution in [1.29, 1.82) is 0 Å². The predicted octanol–water partition coefficient (Wildman–Crippen LogP) is -0.669. The Labute approximate surface area is 66.4 Å². The molecule has 0 radical (unpaired) electrons. The highest BCUT2D eigenvalue weighted by Crippen LogP contribution is 2.10. The Bertz CT molecular complexity index is 94.4. The Morgan fingerprint density at radius 1 is 1.27 bits per heavy atom. The highest BCUT2D eigenvalue weighted by atomic mass is 16.6. The monoisotopic (exact) mass is 164 g/mol. The molecule has 0 aromatic carbocycles. The molecule has 68 valence electrons. The highest BCUT2D eigenvalue weighted by molar-refractivity contribution is 4.70. The van der Waals surface area contributed by atoms with Crippen LogP contribution in [0.3, 0.4) is 0 Å². The molecule has 0 aliphatic heterocycles. The fraction of sp³-hybridized carbons (Fsp3) is 1.00.